The van der Waals surface area contributed by atoms with Crippen molar-refractivity contribution in [2.75, 3.05) is 19.6 Å². The maximum absolute atomic E-state index is 12.8. The summed E-state index contributed by atoms with van der Waals surface area (Å²) in [7, 11) is 0. The van der Waals surface area contributed by atoms with Crippen LogP contribution in [0.4, 0.5) is 4.39 Å². The molecule has 0 unspecified atom stereocenters. The fraction of sp³-hybridized carbons (Fsp3) is 0.500. The molecule has 0 atom stereocenters. The fourth-order valence-electron chi connectivity index (χ4n) is 2.20. The van der Waals surface area contributed by atoms with Gasteiger partial charge in [-0.15, -0.1) is 0 Å². The number of halogens is 1. The van der Waals surface area contributed by atoms with Crippen LogP contribution >= 0.6 is 0 Å². The Morgan fingerprint density at radius 3 is 2.14 bits per heavy atom. The number of carbonyl (C=O) groups excluding carboxylic acids is 2. The van der Waals surface area contributed by atoms with Gasteiger partial charge in [-0.05, 0) is 37.1 Å². The fourth-order valence-corrected chi connectivity index (χ4v) is 2.20. The Morgan fingerprint density at radius 2 is 1.64 bits per heavy atom. The summed E-state index contributed by atoms with van der Waals surface area (Å²) < 4.78 is 12.8. The molecule has 6 heteroatoms. The van der Waals surface area contributed by atoms with E-state index in [1.807, 2.05) is 13.8 Å². The van der Waals surface area contributed by atoms with Crippen molar-refractivity contribution in [3.63, 3.8) is 0 Å². The van der Waals surface area contributed by atoms with Gasteiger partial charge in [0.25, 0.3) is 5.91 Å². The first-order chi connectivity index (χ1) is 10.5. The molecule has 4 N–H and O–H groups in total. The molecule has 5 nitrogen and oxygen atoms in total. The SMILES string of the molecule is CCC(CC)(CN)C(=O)NCCNC(=O)c1ccc(F)cc1. The Kier molecular flexibility index (Phi) is 6.98. The van der Waals surface area contributed by atoms with Gasteiger partial charge in [0.15, 0.2) is 0 Å². The lowest BCUT2D eigenvalue weighted by molar-refractivity contribution is -0.130. The molecular formula is C16H24FN3O2. The molecule has 0 aliphatic carbocycles. The molecule has 0 aliphatic heterocycles. The average molecular weight is 309 g/mol. The molecule has 0 aliphatic rings. The van der Waals surface area contributed by atoms with E-state index in [1.54, 1.807) is 0 Å². The van der Waals surface area contributed by atoms with Crippen LogP contribution in [-0.2, 0) is 4.79 Å². The van der Waals surface area contributed by atoms with Gasteiger partial charge in [-0.25, -0.2) is 4.39 Å². The summed E-state index contributed by atoms with van der Waals surface area (Å²) in [5.74, 6) is -0.776. The van der Waals surface area contributed by atoms with Crippen LogP contribution in [0.15, 0.2) is 24.3 Å². The summed E-state index contributed by atoms with van der Waals surface area (Å²) in [5.41, 5.74) is 5.55. The minimum Gasteiger partial charge on any atom is -0.354 e. The van der Waals surface area contributed by atoms with Crippen molar-refractivity contribution >= 4 is 11.8 Å². The highest BCUT2D eigenvalue weighted by Gasteiger charge is 2.32. The second kappa shape index (κ2) is 8.48. The summed E-state index contributed by atoms with van der Waals surface area (Å²) in [6.07, 6.45) is 1.35. The van der Waals surface area contributed by atoms with E-state index in [2.05, 4.69) is 10.6 Å². The number of benzene rings is 1. The lowest BCUT2D eigenvalue weighted by Gasteiger charge is -2.28. The van der Waals surface area contributed by atoms with Gasteiger partial charge >= 0.3 is 0 Å². The highest BCUT2D eigenvalue weighted by atomic mass is 19.1. The van der Waals surface area contributed by atoms with Crippen molar-refractivity contribution in [2.24, 2.45) is 11.1 Å². The molecule has 0 spiro atoms. The number of nitrogens with two attached hydrogens (primary N) is 1. The first kappa shape index (κ1) is 18.1. The summed E-state index contributed by atoms with van der Waals surface area (Å²) in [4.78, 5) is 24.0. The third-order valence-electron chi connectivity index (χ3n) is 4.03. The zero-order chi connectivity index (χ0) is 16.6. The van der Waals surface area contributed by atoms with E-state index in [1.165, 1.54) is 24.3 Å². The van der Waals surface area contributed by atoms with Crippen molar-refractivity contribution in [2.45, 2.75) is 26.7 Å². The molecule has 0 saturated heterocycles. The Balaban J connectivity index is 2.40. The largest absolute Gasteiger partial charge is 0.354 e. The number of hydrogen-bond donors (Lipinski definition) is 3. The predicted octanol–water partition coefficient (Wildman–Crippen LogP) is 1.44. The summed E-state index contributed by atoms with van der Waals surface area (Å²) in [6.45, 7) is 4.80. The van der Waals surface area contributed by atoms with E-state index in [9.17, 15) is 14.0 Å². The van der Waals surface area contributed by atoms with Crippen LogP contribution in [0.25, 0.3) is 0 Å². The molecule has 0 heterocycles. The molecule has 0 saturated carbocycles. The second-order valence-corrected chi connectivity index (χ2v) is 5.21. The van der Waals surface area contributed by atoms with Crippen molar-refractivity contribution < 1.29 is 14.0 Å². The van der Waals surface area contributed by atoms with E-state index in [4.69, 9.17) is 5.73 Å². The van der Waals surface area contributed by atoms with Crippen molar-refractivity contribution in [3.05, 3.63) is 35.6 Å². The first-order valence-electron chi connectivity index (χ1n) is 7.51. The zero-order valence-electron chi connectivity index (χ0n) is 13.1. The molecule has 22 heavy (non-hydrogen) atoms. The topological polar surface area (TPSA) is 84.2 Å². The third kappa shape index (κ3) is 4.53. The van der Waals surface area contributed by atoms with Crippen LogP contribution in [0, 0.1) is 11.2 Å². The Bertz CT molecular complexity index is 490. The third-order valence-corrected chi connectivity index (χ3v) is 4.03. The molecule has 1 rings (SSSR count). The lowest BCUT2D eigenvalue weighted by atomic mass is 9.81. The number of amides is 2. The molecule has 1 aromatic carbocycles. The zero-order valence-corrected chi connectivity index (χ0v) is 13.1. The number of rotatable bonds is 8. The van der Waals surface area contributed by atoms with Gasteiger partial charge in [0.2, 0.25) is 5.91 Å². The maximum Gasteiger partial charge on any atom is 0.251 e. The van der Waals surface area contributed by atoms with Crippen LogP contribution in [0.2, 0.25) is 0 Å². The quantitative estimate of drug-likeness (QED) is 0.635. The van der Waals surface area contributed by atoms with Crippen LogP contribution in [-0.4, -0.2) is 31.4 Å². The normalized spacial score (nSPS) is 11.1. The van der Waals surface area contributed by atoms with E-state index >= 15 is 0 Å². The molecule has 0 fully saturated rings. The number of hydrogen-bond acceptors (Lipinski definition) is 3. The Labute approximate surface area is 130 Å². The minimum absolute atomic E-state index is 0.0870. The summed E-state index contributed by atoms with van der Waals surface area (Å²) in [6, 6.07) is 5.29. The van der Waals surface area contributed by atoms with Gasteiger partial charge < -0.3 is 16.4 Å². The van der Waals surface area contributed by atoms with E-state index < -0.39 is 5.41 Å². The number of nitrogens with one attached hydrogen (secondary N) is 2. The lowest BCUT2D eigenvalue weighted by Crippen LogP contribution is -2.47. The van der Waals surface area contributed by atoms with Crippen LogP contribution in [0.1, 0.15) is 37.0 Å². The average Bonchev–Trinajstić information content (AvgIpc) is 2.54. The maximum atomic E-state index is 12.8. The van der Waals surface area contributed by atoms with Gasteiger partial charge in [-0.2, -0.15) is 0 Å². The van der Waals surface area contributed by atoms with Crippen LogP contribution in [0.5, 0.6) is 0 Å². The summed E-state index contributed by atoms with van der Waals surface area (Å²) >= 11 is 0. The van der Waals surface area contributed by atoms with E-state index in [0.29, 0.717) is 38.0 Å². The van der Waals surface area contributed by atoms with Crippen LogP contribution in [0.3, 0.4) is 0 Å². The van der Waals surface area contributed by atoms with Gasteiger partial charge in [0.05, 0.1) is 5.41 Å². The van der Waals surface area contributed by atoms with Gasteiger partial charge in [0.1, 0.15) is 5.82 Å². The van der Waals surface area contributed by atoms with Gasteiger partial charge in [0, 0.05) is 25.2 Å². The molecule has 1 aromatic rings. The Hall–Kier alpha value is -1.95. The molecule has 0 radical (unpaired) electrons. The van der Waals surface area contributed by atoms with Crippen molar-refractivity contribution in [3.8, 4) is 0 Å². The number of carbonyl (C=O) groups is 2. The summed E-state index contributed by atoms with van der Waals surface area (Å²) in [5, 5.41) is 5.47. The Morgan fingerprint density at radius 1 is 1.09 bits per heavy atom. The van der Waals surface area contributed by atoms with Crippen molar-refractivity contribution in [1.29, 1.82) is 0 Å². The van der Waals surface area contributed by atoms with Crippen molar-refractivity contribution in [1.82, 2.24) is 10.6 Å². The van der Waals surface area contributed by atoms with E-state index in [-0.39, 0.29) is 17.6 Å². The predicted molar refractivity (Wildman–Crippen MR) is 83.8 cm³/mol. The van der Waals surface area contributed by atoms with Gasteiger partial charge in [-0.1, -0.05) is 13.8 Å². The van der Waals surface area contributed by atoms with E-state index in [0.717, 1.165) is 0 Å². The highest BCUT2D eigenvalue weighted by molar-refractivity contribution is 5.94. The molecule has 0 aromatic heterocycles. The standard InChI is InChI=1S/C16H24FN3O2/c1-3-16(4-2,11-18)15(22)20-10-9-19-14(21)12-5-7-13(17)8-6-12/h5-8H,3-4,9-11,18H2,1-2H3,(H,19,21)(H,20,22). The second-order valence-electron chi connectivity index (χ2n) is 5.21. The molecule has 122 valence electrons. The smallest absolute Gasteiger partial charge is 0.251 e. The first-order valence-corrected chi connectivity index (χ1v) is 7.51. The molecule has 0 bridgehead atoms. The monoisotopic (exact) mass is 309 g/mol. The minimum atomic E-state index is -0.541. The van der Waals surface area contributed by atoms with Crippen LogP contribution < -0.4 is 16.4 Å². The molecular weight excluding hydrogens is 285 g/mol. The highest BCUT2D eigenvalue weighted by Crippen LogP contribution is 2.24. The molecule has 2 amide bonds. The van der Waals surface area contributed by atoms with Gasteiger partial charge in [-0.3, -0.25) is 9.59 Å².